The van der Waals surface area contributed by atoms with Gasteiger partial charge in [-0.25, -0.2) is 22.4 Å². The smallest absolute Gasteiger partial charge is 0.339 e. The van der Waals surface area contributed by atoms with Gasteiger partial charge in [-0.05, 0) is 48.9 Å². The van der Waals surface area contributed by atoms with Crippen LogP contribution in [0.3, 0.4) is 0 Å². The van der Waals surface area contributed by atoms with Crippen molar-refractivity contribution in [1.82, 2.24) is 0 Å². The maximum Gasteiger partial charge on any atom is 0.339 e. The Hall–Kier alpha value is -2.94. The predicted octanol–water partition coefficient (Wildman–Crippen LogP) is 2.51. The van der Waals surface area contributed by atoms with Crippen molar-refractivity contribution in [3.63, 3.8) is 0 Å². The number of sulfonamides is 1. The number of ether oxygens (including phenoxy) is 2. The molecule has 1 N–H and O–H groups in total. The van der Waals surface area contributed by atoms with Crippen molar-refractivity contribution in [2.45, 2.75) is 11.8 Å². The number of hydrogen-bond donors (Lipinski definition) is 1. The Morgan fingerprint density at radius 1 is 1.00 bits per heavy atom. The molecule has 0 spiro atoms. The molecule has 9 heteroatoms. The van der Waals surface area contributed by atoms with E-state index in [0.29, 0.717) is 5.56 Å². The van der Waals surface area contributed by atoms with Crippen LogP contribution in [0.1, 0.15) is 26.3 Å². The Labute approximate surface area is 149 Å². The minimum atomic E-state index is -4.28. The highest BCUT2D eigenvalue weighted by molar-refractivity contribution is 7.92. The van der Waals surface area contributed by atoms with E-state index in [0.717, 1.165) is 38.5 Å². The molecule has 0 saturated carbocycles. The number of aryl methyl sites for hydroxylation is 1. The minimum Gasteiger partial charge on any atom is -0.465 e. The molecule has 0 heterocycles. The van der Waals surface area contributed by atoms with Crippen molar-refractivity contribution in [3.05, 3.63) is 58.9 Å². The first kappa shape index (κ1) is 19.4. The molecule has 0 aromatic heterocycles. The molecule has 138 valence electrons. The average molecular weight is 381 g/mol. The van der Waals surface area contributed by atoms with E-state index in [1.165, 1.54) is 19.1 Å². The van der Waals surface area contributed by atoms with Gasteiger partial charge in [0.15, 0.2) is 0 Å². The van der Waals surface area contributed by atoms with Crippen LogP contribution in [0, 0.1) is 12.7 Å². The first-order chi connectivity index (χ1) is 12.2. The molecule has 0 aliphatic heterocycles. The molecule has 2 rings (SSSR count). The first-order valence-corrected chi connectivity index (χ1v) is 8.77. The van der Waals surface area contributed by atoms with E-state index in [2.05, 4.69) is 14.2 Å². The highest BCUT2D eigenvalue weighted by Crippen LogP contribution is 2.24. The number of carbonyl (C=O) groups is 2. The number of hydrogen-bond acceptors (Lipinski definition) is 6. The van der Waals surface area contributed by atoms with E-state index in [9.17, 15) is 22.4 Å². The number of esters is 2. The van der Waals surface area contributed by atoms with Gasteiger partial charge in [0.25, 0.3) is 10.0 Å². The highest BCUT2D eigenvalue weighted by Gasteiger charge is 2.25. The summed E-state index contributed by atoms with van der Waals surface area (Å²) in [5, 5.41) is 0. The van der Waals surface area contributed by atoms with E-state index in [4.69, 9.17) is 0 Å². The Balaban J connectivity index is 2.58. The summed E-state index contributed by atoms with van der Waals surface area (Å²) < 4.78 is 50.2. The van der Waals surface area contributed by atoms with Gasteiger partial charge in [-0.15, -0.1) is 0 Å². The molecule has 0 atom stereocenters. The van der Waals surface area contributed by atoms with Gasteiger partial charge in [0, 0.05) is 0 Å². The molecule has 0 saturated heterocycles. The third-order valence-electron chi connectivity index (χ3n) is 3.53. The van der Waals surface area contributed by atoms with Crippen molar-refractivity contribution in [2.75, 3.05) is 18.9 Å². The summed E-state index contributed by atoms with van der Waals surface area (Å²) in [4.78, 5) is 23.2. The summed E-state index contributed by atoms with van der Waals surface area (Å²) in [7, 11) is -2.03. The molecule has 2 aromatic carbocycles. The molecule has 7 nitrogen and oxygen atoms in total. The van der Waals surface area contributed by atoms with Crippen LogP contribution >= 0.6 is 0 Å². The fourth-order valence-electron chi connectivity index (χ4n) is 2.21. The number of halogens is 1. The highest BCUT2D eigenvalue weighted by atomic mass is 32.2. The Morgan fingerprint density at radius 3 is 2.23 bits per heavy atom. The lowest BCUT2D eigenvalue weighted by molar-refractivity contribution is 0.0583. The van der Waals surface area contributed by atoms with Crippen molar-refractivity contribution in [1.29, 1.82) is 0 Å². The van der Waals surface area contributed by atoms with Crippen LogP contribution in [0.4, 0.5) is 10.1 Å². The zero-order chi connectivity index (χ0) is 19.5. The number of anilines is 1. The molecule has 0 amide bonds. The van der Waals surface area contributed by atoms with Crippen LogP contribution in [0.2, 0.25) is 0 Å². The second kappa shape index (κ2) is 7.52. The van der Waals surface area contributed by atoms with Crippen molar-refractivity contribution < 1.29 is 31.9 Å². The molecule has 26 heavy (non-hydrogen) atoms. The number of nitrogens with one attached hydrogen (secondary N) is 1. The Kier molecular flexibility index (Phi) is 5.61. The molecule has 2 aromatic rings. The van der Waals surface area contributed by atoms with Gasteiger partial charge in [-0.2, -0.15) is 0 Å². The van der Waals surface area contributed by atoms with Gasteiger partial charge in [-0.1, -0.05) is 0 Å². The first-order valence-electron chi connectivity index (χ1n) is 7.29. The summed E-state index contributed by atoms with van der Waals surface area (Å²) in [5.41, 5.74) is 0.159. The van der Waals surface area contributed by atoms with Gasteiger partial charge in [0.05, 0.1) is 31.0 Å². The fourth-order valence-corrected chi connectivity index (χ4v) is 3.56. The van der Waals surface area contributed by atoms with Crippen LogP contribution in [0.25, 0.3) is 0 Å². The zero-order valence-electron chi connectivity index (χ0n) is 14.2. The van der Waals surface area contributed by atoms with Crippen LogP contribution in [-0.2, 0) is 19.5 Å². The van der Waals surface area contributed by atoms with E-state index >= 15 is 0 Å². The van der Waals surface area contributed by atoms with Crippen molar-refractivity contribution >= 4 is 27.6 Å². The lowest BCUT2D eigenvalue weighted by Crippen LogP contribution is -2.19. The van der Waals surface area contributed by atoms with E-state index < -0.39 is 32.7 Å². The maximum absolute atomic E-state index is 13.2. The normalized spacial score (nSPS) is 10.9. The van der Waals surface area contributed by atoms with Gasteiger partial charge in [0.1, 0.15) is 10.7 Å². The Bertz CT molecular complexity index is 971. The maximum atomic E-state index is 13.2. The van der Waals surface area contributed by atoms with Crippen molar-refractivity contribution in [2.24, 2.45) is 0 Å². The van der Waals surface area contributed by atoms with Gasteiger partial charge < -0.3 is 9.47 Å². The largest absolute Gasteiger partial charge is 0.465 e. The third-order valence-corrected chi connectivity index (χ3v) is 4.94. The molecular formula is C17H16FNO6S. The Morgan fingerprint density at radius 2 is 1.65 bits per heavy atom. The quantitative estimate of drug-likeness (QED) is 0.799. The summed E-state index contributed by atoms with van der Waals surface area (Å²) in [6.07, 6.45) is 0. The van der Waals surface area contributed by atoms with Crippen molar-refractivity contribution in [3.8, 4) is 0 Å². The molecule has 0 radical (unpaired) electrons. The summed E-state index contributed by atoms with van der Waals surface area (Å²) >= 11 is 0. The van der Waals surface area contributed by atoms with Gasteiger partial charge in [-0.3, -0.25) is 4.72 Å². The molecular weight excluding hydrogens is 365 g/mol. The van der Waals surface area contributed by atoms with E-state index in [-0.39, 0.29) is 16.8 Å². The molecule has 0 aliphatic carbocycles. The number of rotatable bonds is 5. The molecule has 0 aliphatic rings. The van der Waals surface area contributed by atoms with Gasteiger partial charge >= 0.3 is 11.9 Å². The monoisotopic (exact) mass is 381 g/mol. The van der Waals surface area contributed by atoms with Gasteiger partial charge in [0.2, 0.25) is 0 Å². The number of carbonyl (C=O) groups excluding carboxylic acids is 2. The number of methoxy groups -OCH3 is 2. The average Bonchev–Trinajstić information content (AvgIpc) is 2.62. The predicted molar refractivity (Wildman–Crippen MR) is 91.1 cm³/mol. The second-order valence-electron chi connectivity index (χ2n) is 5.26. The molecule has 0 fully saturated rings. The SMILES string of the molecule is COC(=O)c1ccc(C(=O)OC)c(S(=O)(=O)Nc2ccc(F)cc2C)c1. The molecule has 0 bridgehead atoms. The zero-order valence-corrected chi connectivity index (χ0v) is 15.0. The van der Waals surface area contributed by atoms with Crippen LogP contribution in [0.15, 0.2) is 41.3 Å². The lowest BCUT2D eigenvalue weighted by Gasteiger charge is -2.14. The lowest BCUT2D eigenvalue weighted by atomic mass is 10.1. The third kappa shape index (κ3) is 3.99. The number of benzene rings is 2. The van der Waals surface area contributed by atoms with Crippen LogP contribution in [0.5, 0.6) is 0 Å². The van der Waals surface area contributed by atoms with Crippen LogP contribution < -0.4 is 4.72 Å². The standard InChI is InChI=1S/C17H16FNO6S/c1-10-8-12(18)5-7-14(10)19-26(22,23)15-9-11(16(20)24-2)4-6-13(15)17(21)25-3/h4-9,19H,1-3H3. The van der Waals surface area contributed by atoms with E-state index in [1.807, 2.05) is 0 Å². The molecule has 0 unspecified atom stereocenters. The fraction of sp³-hybridized carbons (Fsp3) is 0.176. The minimum absolute atomic E-state index is 0.0589. The topological polar surface area (TPSA) is 98.8 Å². The van der Waals surface area contributed by atoms with Crippen LogP contribution in [-0.4, -0.2) is 34.6 Å². The van der Waals surface area contributed by atoms with E-state index in [1.54, 1.807) is 0 Å². The summed E-state index contributed by atoms with van der Waals surface area (Å²) in [6, 6.07) is 6.93. The summed E-state index contributed by atoms with van der Waals surface area (Å²) in [5.74, 6) is -2.18. The summed E-state index contributed by atoms with van der Waals surface area (Å²) in [6.45, 7) is 1.52. The second-order valence-corrected chi connectivity index (χ2v) is 6.91.